The molecule has 0 aromatic heterocycles. The summed E-state index contributed by atoms with van der Waals surface area (Å²) < 4.78 is 5.11. The standard InChI is InChI=1S/C21H26Cl2O3/c1-11(2)16-13(22)9-12-17(18(16)23)14(24)10-15-20(12,3)7-6-8-21(15,4)19(25)26-5/h9,11,15H,6-8,10H2,1-5H3. The largest absolute Gasteiger partial charge is 0.469 e. The van der Waals surface area contributed by atoms with Crippen LogP contribution in [0.15, 0.2) is 6.07 Å². The van der Waals surface area contributed by atoms with Crippen LogP contribution in [0.1, 0.15) is 80.8 Å². The highest BCUT2D eigenvalue weighted by atomic mass is 35.5. The fraction of sp³-hybridized carbons (Fsp3) is 0.619. The minimum absolute atomic E-state index is 0.00284. The highest BCUT2D eigenvalue weighted by Crippen LogP contribution is 2.59. The van der Waals surface area contributed by atoms with Crippen molar-refractivity contribution in [1.29, 1.82) is 0 Å². The molecule has 5 heteroatoms. The summed E-state index contributed by atoms with van der Waals surface area (Å²) in [7, 11) is 1.42. The van der Waals surface area contributed by atoms with Gasteiger partial charge in [-0.15, -0.1) is 0 Å². The Morgan fingerprint density at radius 2 is 1.92 bits per heavy atom. The van der Waals surface area contributed by atoms with Crippen molar-refractivity contribution in [3.63, 3.8) is 0 Å². The molecule has 0 heterocycles. The number of Topliss-reactive ketones (excluding diaryl/α,β-unsaturated/α-hetero) is 1. The van der Waals surface area contributed by atoms with Crippen molar-refractivity contribution in [2.45, 2.75) is 64.7 Å². The highest BCUT2D eigenvalue weighted by molar-refractivity contribution is 6.38. The number of hydrogen-bond donors (Lipinski definition) is 0. The summed E-state index contributed by atoms with van der Waals surface area (Å²) >= 11 is 13.3. The lowest BCUT2D eigenvalue weighted by molar-refractivity contribution is -0.160. The van der Waals surface area contributed by atoms with E-state index in [0.717, 1.165) is 30.4 Å². The molecule has 0 amide bonds. The number of ether oxygens (including phenoxy) is 1. The predicted molar refractivity (Wildman–Crippen MR) is 104 cm³/mol. The van der Waals surface area contributed by atoms with Gasteiger partial charge in [0.05, 0.1) is 17.5 Å². The number of halogens is 2. The Hall–Kier alpha value is -1.06. The third kappa shape index (κ3) is 2.62. The van der Waals surface area contributed by atoms with Gasteiger partial charge in [-0.25, -0.2) is 0 Å². The molecule has 3 unspecified atom stereocenters. The Labute approximate surface area is 165 Å². The van der Waals surface area contributed by atoms with E-state index < -0.39 is 5.41 Å². The van der Waals surface area contributed by atoms with Crippen molar-refractivity contribution < 1.29 is 14.3 Å². The summed E-state index contributed by atoms with van der Waals surface area (Å²) in [6, 6.07) is 1.92. The molecule has 3 rings (SSSR count). The summed E-state index contributed by atoms with van der Waals surface area (Å²) in [5.41, 5.74) is 1.33. The van der Waals surface area contributed by atoms with Crippen molar-refractivity contribution in [2.75, 3.05) is 7.11 Å². The van der Waals surface area contributed by atoms with Gasteiger partial charge in [0.15, 0.2) is 5.78 Å². The molecule has 1 saturated carbocycles. The van der Waals surface area contributed by atoms with Gasteiger partial charge in [0.25, 0.3) is 0 Å². The summed E-state index contributed by atoms with van der Waals surface area (Å²) in [6.07, 6.45) is 2.84. The quantitative estimate of drug-likeness (QED) is 0.580. The van der Waals surface area contributed by atoms with Crippen molar-refractivity contribution in [3.8, 4) is 0 Å². The lowest BCUT2D eigenvalue weighted by Crippen LogP contribution is -2.53. The minimum Gasteiger partial charge on any atom is -0.469 e. The van der Waals surface area contributed by atoms with Crippen molar-refractivity contribution in [1.82, 2.24) is 0 Å². The van der Waals surface area contributed by atoms with Gasteiger partial charge < -0.3 is 4.74 Å². The van der Waals surface area contributed by atoms with E-state index in [9.17, 15) is 9.59 Å². The Morgan fingerprint density at radius 1 is 1.27 bits per heavy atom. The SMILES string of the molecule is COC(=O)C1(C)CCCC2(C)c3cc(Cl)c(C(C)C)c(Cl)c3C(=O)CC12. The Morgan fingerprint density at radius 3 is 2.50 bits per heavy atom. The molecule has 1 aromatic carbocycles. The average Bonchev–Trinajstić information content (AvgIpc) is 2.55. The van der Waals surface area contributed by atoms with Gasteiger partial charge in [-0.3, -0.25) is 9.59 Å². The van der Waals surface area contributed by atoms with Crippen LogP contribution in [0, 0.1) is 11.3 Å². The molecule has 0 bridgehead atoms. The van der Waals surface area contributed by atoms with Crippen LogP contribution in [0.25, 0.3) is 0 Å². The molecule has 0 spiro atoms. The van der Waals surface area contributed by atoms with Gasteiger partial charge in [0.2, 0.25) is 0 Å². The molecular weight excluding hydrogens is 371 g/mol. The summed E-state index contributed by atoms with van der Waals surface area (Å²) in [5, 5.41) is 1.08. The van der Waals surface area contributed by atoms with E-state index in [1.807, 2.05) is 26.8 Å². The Kier molecular flexibility index (Phi) is 4.94. The van der Waals surface area contributed by atoms with Gasteiger partial charge in [0.1, 0.15) is 0 Å². The molecule has 1 fully saturated rings. The molecule has 1 aromatic rings. The van der Waals surface area contributed by atoms with E-state index in [4.69, 9.17) is 27.9 Å². The lowest BCUT2D eigenvalue weighted by Gasteiger charge is -2.53. The molecule has 26 heavy (non-hydrogen) atoms. The van der Waals surface area contributed by atoms with Crippen LogP contribution in [-0.2, 0) is 14.9 Å². The third-order valence-corrected chi connectivity index (χ3v) is 7.40. The number of ketones is 1. The molecule has 0 aliphatic heterocycles. The number of carbonyl (C=O) groups excluding carboxylic acids is 2. The predicted octanol–water partition coefficient (Wildman–Crippen LogP) is 5.94. The van der Waals surface area contributed by atoms with Gasteiger partial charge in [-0.1, -0.05) is 50.4 Å². The van der Waals surface area contributed by atoms with Crippen LogP contribution < -0.4 is 0 Å². The van der Waals surface area contributed by atoms with Crippen molar-refractivity contribution >= 4 is 35.0 Å². The van der Waals surface area contributed by atoms with Crippen molar-refractivity contribution in [3.05, 3.63) is 32.8 Å². The summed E-state index contributed by atoms with van der Waals surface area (Å²) in [6.45, 7) is 8.12. The number of rotatable bonds is 2. The zero-order chi connectivity index (χ0) is 19.4. The number of benzene rings is 1. The normalized spacial score (nSPS) is 30.8. The second kappa shape index (κ2) is 6.53. The van der Waals surface area contributed by atoms with Crippen LogP contribution in [0.4, 0.5) is 0 Å². The average molecular weight is 397 g/mol. The number of fused-ring (bicyclic) bond motifs is 3. The number of methoxy groups -OCH3 is 1. The Bertz CT molecular complexity index is 786. The van der Waals surface area contributed by atoms with Crippen LogP contribution in [0.2, 0.25) is 10.0 Å². The highest BCUT2D eigenvalue weighted by Gasteiger charge is 2.57. The lowest BCUT2D eigenvalue weighted by atomic mass is 9.49. The van der Waals surface area contributed by atoms with Crippen LogP contribution in [0.3, 0.4) is 0 Å². The van der Waals surface area contributed by atoms with Crippen LogP contribution >= 0.6 is 23.2 Å². The number of hydrogen-bond acceptors (Lipinski definition) is 3. The molecule has 3 nitrogen and oxygen atoms in total. The van der Waals surface area contributed by atoms with Crippen molar-refractivity contribution in [2.24, 2.45) is 11.3 Å². The monoisotopic (exact) mass is 396 g/mol. The second-order valence-electron chi connectivity index (χ2n) is 8.52. The first-order chi connectivity index (χ1) is 12.1. The molecule has 0 radical (unpaired) electrons. The van der Waals surface area contributed by atoms with Crippen LogP contribution in [-0.4, -0.2) is 18.9 Å². The smallest absolute Gasteiger partial charge is 0.311 e. The molecule has 2 aliphatic carbocycles. The fourth-order valence-electron chi connectivity index (χ4n) is 5.30. The van der Waals surface area contributed by atoms with Gasteiger partial charge in [-0.2, -0.15) is 0 Å². The number of esters is 1. The Balaban J connectivity index is 2.25. The minimum atomic E-state index is -0.676. The molecule has 142 valence electrons. The molecule has 2 aliphatic rings. The van der Waals surface area contributed by atoms with Gasteiger partial charge >= 0.3 is 5.97 Å². The third-order valence-electron chi connectivity index (χ3n) is 6.70. The van der Waals surface area contributed by atoms with Gasteiger partial charge in [0, 0.05) is 17.0 Å². The maximum atomic E-state index is 13.1. The van der Waals surface area contributed by atoms with E-state index >= 15 is 0 Å². The zero-order valence-corrected chi connectivity index (χ0v) is 17.6. The molecule has 0 saturated heterocycles. The maximum absolute atomic E-state index is 13.1. The van der Waals surface area contributed by atoms with Crippen LogP contribution in [0.5, 0.6) is 0 Å². The first-order valence-electron chi connectivity index (χ1n) is 9.22. The molecular formula is C21H26Cl2O3. The topological polar surface area (TPSA) is 43.4 Å². The zero-order valence-electron chi connectivity index (χ0n) is 16.0. The summed E-state index contributed by atoms with van der Waals surface area (Å²) in [4.78, 5) is 25.7. The maximum Gasteiger partial charge on any atom is 0.311 e. The number of carbonyl (C=O) groups is 2. The first-order valence-corrected chi connectivity index (χ1v) is 9.97. The fourth-order valence-corrected chi connectivity index (χ4v) is 6.30. The van der Waals surface area contributed by atoms with E-state index in [1.165, 1.54) is 7.11 Å². The second-order valence-corrected chi connectivity index (χ2v) is 9.31. The van der Waals surface area contributed by atoms with E-state index in [2.05, 4.69) is 6.92 Å². The first kappa shape index (κ1) is 19.7. The van der Waals surface area contributed by atoms with E-state index in [-0.39, 0.29) is 29.0 Å². The summed E-state index contributed by atoms with van der Waals surface area (Å²) in [5.74, 6) is -0.220. The van der Waals surface area contributed by atoms with E-state index in [1.54, 1.807) is 0 Å². The van der Waals surface area contributed by atoms with Gasteiger partial charge in [-0.05, 0) is 54.2 Å². The molecule has 3 atom stereocenters. The molecule has 0 N–H and O–H groups in total. The van der Waals surface area contributed by atoms with E-state index in [0.29, 0.717) is 22.0 Å².